The first kappa shape index (κ1) is 23.4. The number of hydrogen-bond donors (Lipinski definition) is 0. The summed E-state index contributed by atoms with van der Waals surface area (Å²) in [5, 5.41) is 4.78. The largest absolute Gasteiger partial charge is 0.495 e. The molecular formula is C28H31ClN4O3. The number of hydrogen-bond acceptors (Lipinski definition) is 6. The summed E-state index contributed by atoms with van der Waals surface area (Å²) in [5.41, 5.74) is 6.32. The maximum absolute atomic E-state index is 6.51. The van der Waals surface area contributed by atoms with Gasteiger partial charge in [0.25, 0.3) is 0 Å². The highest BCUT2D eigenvalue weighted by Crippen LogP contribution is 2.42. The normalized spacial score (nSPS) is 18.9. The van der Waals surface area contributed by atoms with E-state index in [0.717, 1.165) is 85.1 Å². The van der Waals surface area contributed by atoms with Crippen LogP contribution >= 0.6 is 11.6 Å². The number of ether oxygens (including phenoxy) is 2. The van der Waals surface area contributed by atoms with Crippen LogP contribution in [0.25, 0.3) is 22.2 Å². The number of aromatic nitrogens is 3. The molecule has 0 amide bonds. The fourth-order valence-electron chi connectivity index (χ4n) is 5.91. The Kier molecular flexibility index (Phi) is 6.13. The summed E-state index contributed by atoms with van der Waals surface area (Å²) in [5.74, 6) is 2.64. The summed E-state index contributed by atoms with van der Waals surface area (Å²) in [4.78, 5) is 7.75. The van der Waals surface area contributed by atoms with E-state index in [4.69, 9.17) is 30.6 Å². The second-order valence-corrected chi connectivity index (χ2v) is 10.2. The zero-order valence-corrected chi connectivity index (χ0v) is 21.7. The predicted octanol–water partition coefficient (Wildman–Crippen LogP) is 6.66. The Balaban J connectivity index is 1.47. The van der Waals surface area contributed by atoms with Gasteiger partial charge in [0.1, 0.15) is 17.3 Å². The van der Waals surface area contributed by atoms with Crippen molar-refractivity contribution < 1.29 is 14.0 Å². The van der Waals surface area contributed by atoms with E-state index in [1.54, 1.807) is 7.11 Å². The number of aryl methyl sites for hydroxylation is 2. The van der Waals surface area contributed by atoms with Crippen LogP contribution in [0.1, 0.15) is 55.0 Å². The maximum Gasteiger partial charge on any atom is 0.141 e. The molecule has 8 heteroatoms. The molecule has 0 radical (unpaired) electrons. The van der Waals surface area contributed by atoms with Gasteiger partial charge in [0.2, 0.25) is 0 Å². The molecule has 4 aromatic rings. The first-order valence-corrected chi connectivity index (χ1v) is 13.1. The second kappa shape index (κ2) is 9.45. The smallest absolute Gasteiger partial charge is 0.141 e. The number of nitrogens with zero attached hydrogens (tertiary/aromatic N) is 4. The van der Waals surface area contributed by atoms with Gasteiger partial charge in [-0.25, -0.2) is 4.98 Å². The van der Waals surface area contributed by atoms with Crippen LogP contribution in [0.5, 0.6) is 5.75 Å². The molecular weight excluding hydrogens is 476 g/mol. The van der Waals surface area contributed by atoms with Gasteiger partial charge in [0.15, 0.2) is 0 Å². The number of anilines is 1. The molecule has 0 N–H and O–H groups in total. The molecule has 0 aliphatic carbocycles. The number of halogens is 1. The van der Waals surface area contributed by atoms with Gasteiger partial charge < -0.3 is 23.5 Å². The molecule has 0 saturated carbocycles. The summed E-state index contributed by atoms with van der Waals surface area (Å²) in [6.07, 6.45) is 4.14. The van der Waals surface area contributed by atoms with E-state index in [2.05, 4.69) is 38.9 Å². The van der Waals surface area contributed by atoms with Gasteiger partial charge in [0.05, 0.1) is 34.9 Å². The van der Waals surface area contributed by atoms with E-state index < -0.39 is 0 Å². The maximum atomic E-state index is 6.51. The molecule has 2 aromatic carbocycles. The van der Waals surface area contributed by atoms with E-state index in [0.29, 0.717) is 16.8 Å². The van der Waals surface area contributed by atoms with Crippen molar-refractivity contribution in [1.29, 1.82) is 0 Å². The van der Waals surface area contributed by atoms with Crippen molar-refractivity contribution in [3.63, 3.8) is 0 Å². The summed E-state index contributed by atoms with van der Waals surface area (Å²) in [7, 11) is 1.65. The second-order valence-electron chi connectivity index (χ2n) is 9.76. The van der Waals surface area contributed by atoms with Crippen LogP contribution < -0.4 is 9.64 Å². The van der Waals surface area contributed by atoms with Crippen molar-refractivity contribution in [1.82, 2.24) is 14.7 Å². The van der Waals surface area contributed by atoms with E-state index in [1.165, 1.54) is 5.52 Å². The van der Waals surface area contributed by atoms with Gasteiger partial charge in [-0.05, 0) is 75.4 Å². The summed E-state index contributed by atoms with van der Waals surface area (Å²) < 4.78 is 19.0. The fourth-order valence-corrected chi connectivity index (χ4v) is 6.16. The molecule has 2 aliphatic rings. The Labute approximate surface area is 215 Å². The van der Waals surface area contributed by atoms with Crippen LogP contribution in [0, 0.1) is 13.8 Å². The molecule has 0 unspecified atom stereocenters. The zero-order valence-electron chi connectivity index (χ0n) is 21.0. The third-order valence-corrected chi connectivity index (χ3v) is 7.91. The van der Waals surface area contributed by atoms with Gasteiger partial charge in [-0.3, -0.25) is 0 Å². The number of benzene rings is 2. The Bertz CT molecular complexity index is 1390. The van der Waals surface area contributed by atoms with Crippen LogP contribution in [0.3, 0.4) is 0 Å². The highest BCUT2D eigenvalue weighted by atomic mass is 35.5. The Hall–Kier alpha value is -3.03. The third-order valence-electron chi connectivity index (χ3n) is 7.61. The summed E-state index contributed by atoms with van der Waals surface area (Å²) in [6.45, 7) is 6.47. The minimum absolute atomic E-state index is 0.173. The quantitative estimate of drug-likeness (QED) is 0.301. The predicted molar refractivity (Wildman–Crippen MR) is 141 cm³/mol. The molecule has 0 spiro atoms. The minimum Gasteiger partial charge on any atom is -0.495 e. The first-order valence-electron chi connectivity index (χ1n) is 12.7. The van der Waals surface area contributed by atoms with Gasteiger partial charge in [-0.2, -0.15) is 0 Å². The molecule has 6 rings (SSSR count). The summed E-state index contributed by atoms with van der Waals surface area (Å²) in [6, 6.07) is 13.2. The Morgan fingerprint density at radius 2 is 1.89 bits per heavy atom. The van der Waals surface area contributed by atoms with E-state index >= 15 is 0 Å². The molecule has 0 bridgehead atoms. The van der Waals surface area contributed by atoms with Crippen LogP contribution in [0.15, 0.2) is 40.9 Å². The lowest BCUT2D eigenvalue weighted by Crippen LogP contribution is -2.28. The standard InChI is InChI=1S/C28H31ClN4O3/c1-17-27(18(2)36-31-17)19-6-8-24-23(15-19)30-28(33(24)20-10-13-35-14-11-20)25-5-4-12-32(25)21-7-9-26(34-3)22(29)16-21/h6-9,15-16,20,25H,4-5,10-14H2,1-3H3/t25-/m0/s1. The van der Waals surface area contributed by atoms with Gasteiger partial charge in [-0.15, -0.1) is 0 Å². The lowest BCUT2D eigenvalue weighted by molar-refractivity contribution is 0.0696. The SMILES string of the molecule is COc1ccc(N2CCC[C@H]2c2nc3cc(-c4c(C)noc4C)ccc3n2C2CCOCC2)cc1Cl. The number of imidazole rings is 1. The molecule has 2 aromatic heterocycles. The van der Waals surface area contributed by atoms with Crippen LogP contribution in [0.4, 0.5) is 5.69 Å². The summed E-state index contributed by atoms with van der Waals surface area (Å²) >= 11 is 6.51. The monoisotopic (exact) mass is 506 g/mol. The Morgan fingerprint density at radius 3 is 2.61 bits per heavy atom. The van der Waals surface area contributed by atoms with Gasteiger partial charge >= 0.3 is 0 Å². The van der Waals surface area contributed by atoms with Crippen molar-refractivity contribution in [2.75, 3.05) is 31.8 Å². The van der Waals surface area contributed by atoms with Crippen LogP contribution in [0.2, 0.25) is 5.02 Å². The first-order chi connectivity index (χ1) is 17.5. The molecule has 188 valence electrons. The minimum atomic E-state index is 0.173. The third kappa shape index (κ3) is 3.95. The Morgan fingerprint density at radius 1 is 1.06 bits per heavy atom. The van der Waals surface area contributed by atoms with E-state index in [1.807, 2.05) is 26.0 Å². The lowest BCUT2D eigenvalue weighted by atomic mass is 10.0. The molecule has 2 fully saturated rings. The highest BCUT2D eigenvalue weighted by molar-refractivity contribution is 6.32. The average Bonchev–Trinajstić information content (AvgIpc) is 3.60. The number of methoxy groups -OCH3 is 1. The van der Waals surface area contributed by atoms with Crippen molar-refractivity contribution in [2.24, 2.45) is 0 Å². The number of fused-ring (bicyclic) bond motifs is 1. The zero-order chi connectivity index (χ0) is 24.8. The molecule has 4 heterocycles. The van der Waals surface area contributed by atoms with Crippen molar-refractivity contribution in [3.05, 3.63) is 58.7 Å². The average molecular weight is 507 g/mol. The molecule has 7 nitrogen and oxygen atoms in total. The van der Waals surface area contributed by atoms with Crippen molar-refractivity contribution >= 4 is 28.3 Å². The topological polar surface area (TPSA) is 65.5 Å². The molecule has 1 atom stereocenters. The fraction of sp³-hybridized carbons (Fsp3) is 0.429. The van der Waals surface area contributed by atoms with Crippen molar-refractivity contribution in [2.45, 2.75) is 51.6 Å². The van der Waals surface area contributed by atoms with Gasteiger partial charge in [0, 0.05) is 37.1 Å². The lowest BCUT2D eigenvalue weighted by Gasteiger charge is -2.31. The highest BCUT2D eigenvalue weighted by Gasteiger charge is 2.33. The van der Waals surface area contributed by atoms with Crippen LogP contribution in [-0.2, 0) is 4.74 Å². The van der Waals surface area contributed by atoms with Gasteiger partial charge in [-0.1, -0.05) is 22.8 Å². The van der Waals surface area contributed by atoms with Crippen LogP contribution in [-0.4, -0.2) is 41.6 Å². The molecule has 2 saturated heterocycles. The number of rotatable bonds is 5. The molecule has 2 aliphatic heterocycles. The van der Waals surface area contributed by atoms with E-state index in [-0.39, 0.29) is 6.04 Å². The van der Waals surface area contributed by atoms with E-state index in [9.17, 15) is 0 Å². The van der Waals surface area contributed by atoms with Crippen molar-refractivity contribution in [3.8, 4) is 16.9 Å². The molecule has 36 heavy (non-hydrogen) atoms.